The Morgan fingerprint density at radius 3 is 2.56 bits per heavy atom. The van der Waals surface area contributed by atoms with Crippen LogP contribution in [0.1, 0.15) is 90.5 Å². The van der Waals surface area contributed by atoms with Gasteiger partial charge in [-0.3, -0.25) is 0 Å². The first-order valence-electron chi connectivity index (χ1n) is 14.4. The number of nitrogens with one attached hydrogen (secondary N) is 1. The summed E-state index contributed by atoms with van der Waals surface area (Å²) in [5.41, 5.74) is 1.78. The molecule has 0 saturated heterocycles. The minimum Gasteiger partial charge on any atom is -0.393 e. The fourth-order valence-electron chi connectivity index (χ4n) is 9.74. The predicted molar refractivity (Wildman–Crippen MR) is 139 cm³/mol. The van der Waals surface area contributed by atoms with Crippen molar-refractivity contribution in [2.24, 2.45) is 46.3 Å². The Morgan fingerprint density at radius 2 is 1.76 bits per heavy atom. The second-order valence-electron chi connectivity index (χ2n) is 13.2. The van der Waals surface area contributed by atoms with Gasteiger partial charge in [0, 0.05) is 6.54 Å². The molecule has 0 aromatic heterocycles. The summed E-state index contributed by atoms with van der Waals surface area (Å²) < 4.78 is 0. The molecule has 4 aliphatic carbocycles. The van der Waals surface area contributed by atoms with E-state index in [0.717, 1.165) is 44.7 Å². The molecule has 34 heavy (non-hydrogen) atoms. The van der Waals surface area contributed by atoms with Crippen molar-refractivity contribution in [1.29, 1.82) is 0 Å². The van der Waals surface area contributed by atoms with E-state index < -0.39 is 0 Å². The largest absolute Gasteiger partial charge is 0.393 e. The number of hydrogen-bond donors (Lipinski definition) is 3. The normalized spacial score (nSPS) is 44.7. The SMILES string of the molecule is C[C@H](CCCNCc1ccccc1)[C@H]1CC[C@H]2[C@@H]3CC[C@@H]4C[C@H](O)CC[C@]4(C)[C@H]3C[C@H](O)[C@]12C. The van der Waals surface area contributed by atoms with Crippen LogP contribution in [-0.4, -0.2) is 29.0 Å². The smallest absolute Gasteiger partial charge is 0.0602 e. The summed E-state index contributed by atoms with van der Waals surface area (Å²) in [5.74, 6) is 4.12. The maximum atomic E-state index is 11.7. The van der Waals surface area contributed by atoms with Crippen LogP contribution in [0.4, 0.5) is 0 Å². The molecule has 190 valence electrons. The first-order chi connectivity index (χ1) is 16.3. The van der Waals surface area contributed by atoms with E-state index in [1.807, 2.05) is 0 Å². The highest BCUT2D eigenvalue weighted by atomic mass is 16.3. The van der Waals surface area contributed by atoms with E-state index in [1.165, 1.54) is 44.1 Å². The zero-order valence-corrected chi connectivity index (χ0v) is 21.9. The van der Waals surface area contributed by atoms with Gasteiger partial charge in [-0.1, -0.05) is 51.1 Å². The molecular weight excluding hydrogens is 418 g/mol. The number of hydrogen-bond acceptors (Lipinski definition) is 3. The zero-order chi connectivity index (χ0) is 23.9. The summed E-state index contributed by atoms with van der Waals surface area (Å²) in [5, 5.41) is 25.7. The van der Waals surface area contributed by atoms with Crippen molar-refractivity contribution >= 4 is 0 Å². The Bertz CT molecular complexity index is 813. The fourth-order valence-corrected chi connectivity index (χ4v) is 9.74. The van der Waals surface area contributed by atoms with Gasteiger partial charge in [0.05, 0.1) is 12.2 Å². The van der Waals surface area contributed by atoms with Crippen molar-refractivity contribution in [2.45, 2.75) is 104 Å². The minimum atomic E-state index is -0.160. The van der Waals surface area contributed by atoms with E-state index in [1.54, 1.807) is 0 Å². The Kier molecular flexibility index (Phi) is 7.19. The van der Waals surface area contributed by atoms with E-state index in [4.69, 9.17) is 0 Å². The van der Waals surface area contributed by atoms with Crippen molar-refractivity contribution in [2.75, 3.05) is 6.54 Å². The molecule has 0 aliphatic heterocycles. The average molecular weight is 468 g/mol. The van der Waals surface area contributed by atoms with Crippen molar-refractivity contribution in [3.05, 3.63) is 35.9 Å². The summed E-state index contributed by atoms with van der Waals surface area (Å²) in [4.78, 5) is 0. The molecule has 1 aromatic rings. The summed E-state index contributed by atoms with van der Waals surface area (Å²) >= 11 is 0. The van der Waals surface area contributed by atoms with E-state index >= 15 is 0 Å². The van der Waals surface area contributed by atoms with Crippen molar-refractivity contribution in [3.63, 3.8) is 0 Å². The minimum absolute atomic E-state index is 0.0905. The molecule has 4 aliphatic rings. The number of aliphatic hydroxyl groups is 2. The summed E-state index contributed by atoms with van der Waals surface area (Å²) in [7, 11) is 0. The fraction of sp³-hybridized carbons (Fsp3) is 0.806. The van der Waals surface area contributed by atoms with Crippen LogP contribution >= 0.6 is 0 Å². The predicted octanol–water partition coefficient (Wildman–Crippen LogP) is 6.18. The van der Waals surface area contributed by atoms with Crippen LogP contribution in [0.2, 0.25) is 0 Å². The molecule has 0 radical (unpaired) electrons. The second kappa shape index (κ2) is 9.87. The van der Waals surface area contributed by atoms with E-state index in [-0.39, 0.29) is 17.6 Å². The standard InChI is InChI=1S/C31H49NO2/c1-21(8-7-17-32-20-22-9-5-4-6-10-22)26-13-14-27-25-12-11-23-18-24(33)15-16-30(23,2)28(25)19-29(34)31(26,27)3/h4-6,9-10,21,23-29,32-34H,7-8,11-20H2,1-3H3/t21-,23-,24-,25+,26-,27+,28+,29+,30+,31-/m1/s1. The highest BCUT2D eigenvalue weighted by molar-refractivity contribution is 5.14. The lowest BCUT2D eigenvalue weighted by molar-refractivity contribution is -0.174. The summed E-state index contributed by atoms with van der Waals surface area (Å²) in [6, 6.07) is 10.7. The monoisotopic (exact) mass is 467 g/mol. The van der Waals surface area contributed by atoms with Crippen LogP contribution in [0, 0.1) is 46.3 Å². The first-order valence-corrected chi connectivity index (χ1v) is 14.4. The van der Waals surface area contributed by atoms with E-state index in [2.05, 4.69) is 56.4 Å². The lowest BCUT2D eigenvalue weighted by atomic mass is 9.43. The molecule has 4 fully saturated rings. The van der Waals surface area contributed by atoms with Gasteiger partial charge in [0.1, 0.15) is 0 Å². The van der Waals surface area contributed by atoms with Gasteiger partial charge in [0.15, 0.2) is 0 Å². The molecule has 1 aromatic carbocycles. The lowest BCUT2D eigenvalue weighted by Gasteiger charge is -2.62. The molecule has 10 atom stereocenters. The lowest BCUT2D eigenvalue weighted by Crippen LogP contribution is -2.58. The van der Waals surface area contributed by atoms with Gasteiger partial charge >= 0.3 is 0 Å². The van der Waals surface area contributed by atoms with Crippen molar-refractivity contribution < 1.29 is 10.2 Å². The van der Waals surface area contributed by atoms with Gasteiger partial charge in [0.25, 0.3) is 0 Å². The van der Waals surface area contributed by atoms with Crippen LogP contribution in [0.15, 0.2) is 30.3 Å². The van der Waals surface area contributed by atoms with E-state index in [0.29, 0.717) is 35.0 Å². The third-order valence-electron chi connectivity index (χ3n) is 11.7. The molecule has 0 bridgehead atoms. The molecule has 4 saturated carbocycles. The zero-order valence-electron chi connectivity index (χ0n) is 21.9. The molecule has 3 N–H and O–H groups in total. The van der Waals surface area contributed by atoms with Crippen LogP contribution in [0.25, 0.3) is 0 Å². The van der Waals surface area contributed by atoms with Crippen molar-refractivity contribution in [1.82, 2.24) is 5.32 Å². The van der Waals surface area contributed by atoms with Gasteiger partial charge in [0.2, 0.25) is 0 Å². The average Bonchev–Trinajstić information content (AvgIpc) is 3.19. The molecule has 0 amide bonds. The Labute approximate surface area is 208 Å². The molecule has 3 nitrogen and oxygen atoms in total. The maximum absolute atomic E-state index is 11.7. The number of benzene rings is 1. The van der Waals surface area contributed by atoms with Crippen LogP contribution in [0.5, 0.6) is 0 Å². The molecular formula is C31H49NO2. The number of rotatable bonds is 7. The highest BCUT2D eigenvalue weighted by Gasteiger charge is 2.63. The molecule has 0 unspecified atom stereocenters. The Balaban J connectivity index is 1.20. The van der Waals surface area contributed by atoms with Gasteiger partial charge < -0.3 is 15.5 Å². The molecule has 3 heteroatoms. The third-order valence-corrected chi connectivity index (χ3v) is 11.7. The summed E-state index contributed by atoms with van der Waals surface area (Å²) in [6.45, 7) is 9.49. The van der Waals surface area contributed by atoms with Gasteiger partial charge in [-0.25, -0.2) is 0 Å². The van der Waals surface area contributed by atoms with Crippen LogP contribution in [0.3, 0.4) is 0 Å². The van der Waals surface area contributed by atoms with Gasteiger partial charge in [-0.05, 0) is 123 Å². The first kappa shape index (κ1) is 24.8. The topological polar surface area (TPSA) is 52.5 Å². The Morgan fingerprint density at radius 1 is 0.971 bits per heavy atom. The third kappa shape index (κ3) is 4.28. The second-order valence-corrected chi connectivity index (χ2v) is 13.2. The maximum Gasteiger partial charge on any atom is 0.0602 e. The number of fused-ring (bicyclic) bond motifs is 5. The highest BCUT2D eigenvalue weighted by Crippen LogP contribution is 2.68. The quantitative estimate of drug-likeness (QED) is 0.420. The van der Waals surface area contributed by atoms with Crippen LogP contribution < -0.4 is 5.32 Å². The van der Waals surface area contributed by atoms with Gasteiger partial charge in [-0.2, -0.15) is 0 Å². The number of aliphatic hydroxyl groups excluding tert-OH is 2. The Hall–Kier alpha value is -0.900. The van der Waals surface area contributed by atoms with Crippen LogP contribution in [-0.2, 0) is 6.54 Å². The molecule has 5 rings (SSSR count). The van der Waals surface area contributed by atoms with Crippen molar-refractivity contribution in [3.8, 4) is 0 Å². The van der Waals surface area contributed by atoms with E-state index in [9.17, 15) is 10.2 Å². The summed E-state index contributed by atoms with van der Waals surface area (Å²) in [6.07, 6.45) is 11.6. The molecule has 0 heterocycles. The molecule has 0 spiro atoms. The van der Waals surface area contributed by atoms with Gasteiger partial charge in [-0.15, -0.1) is 0 Å².